The van der Waals surface area contributed by atoms with Crippen LogP contribution in [-0.2, 0) is 9.59 Å². The Morgan fingerprint density at radius 1 is 1.33 bits per heavy atom. The lowest BCUT2D eigenvalue weighted by Crippen LogP contribution is -2.30. The van der Waals surface area contributed by atoms with Gasteiger partial charge in [0.15, 0.2) is 0 Å². The number of aliphatic carboxylic acids is 2. The van der Waals surface area contributed by atoms with Gasteiger partial charge in [-0.2, -0.15) is 0 Å². The van der Waals surface area contributed by atoms with Gasteiger partial charge in [-0.3, -0.25) is 9.59 Å². The van der Waals surface area contributed by atoms with Gasteiger partial charge < -0.3 is 20.6 Å². The summed E-state index contributed by atoms with van der Waals surface area (Å²) in [5.74, 6) is -2.31. The fourth-order valence-corrected chi connectivity index (χ4v) is 1.56. The number of phenolic OH excluding ortho intramolecular Hbond substituents is 1. The van der Waals surface area contributed by atoms with Crippen molar-refractivity contribution in [2.75, 3.05) is 6.54 Å². The summed E-state index contributed by atoms with van der Waals surface area (Å²) >= 11 is 0. The van der Waals surface area contributed by atoms with E-state index in [0.717, 1.165) is 5.56 Å². The molecule has 0 aliphatic rings. The largest absolute Gasteiger partial charge is 0.508 e. The molecular formula is C12H15NO5. The summed E-state index contributed by atoms with van der Waals surface area (Å²) in [5.41, 5.74) is 1.04. The van der Waals surface area contributed by atoms with E-state index in [2.05, 4.69) is 5.32 Å². The SMILES string of the molecule is Cc1ccc(O)c(C(NCCC(=O)O)C(=O)O)c1. The maximum Gasteiger partial charge on any atom is 0.325 e. The quantitative estimate of drug-likeness (QED) is 0.600. The summed E-state index contributed by atoms with van der Waals surface area (Å²) in [4.78, 5) is 21.5. The Hall–Kier alpha value is -2.08. The van der Waals surface area contributed by atoms with E-state index in [0.29, 0.717) is 0 Å². The Labute approximate surface area is 104 Å². The van der Waals surface area contributed by atoms with Crippen molar-refractivity contribution in [2.24, 2.45) is 0 Å². The molecule has 1 aromatic rings. The molecule has 98 valence electrons. The van der Waals surface area contributed by atoms with Crippen LogP contribution in [0.15, 0.2) is 18.2 Å². The predicted molar refractivity (Wildman–Crippen MR) is 63.5 cm³/mol. The van der Waals surface area contributed by atoms with Gasteiger partial charge in [-0.15, -0.1) is 0 Å². The second-order valence-corrected chi connectivity index (χ2v) is 3.93. The summed E-state index contributed by atoms with van der Waals surface area (Å²) in [6.45, 7) is 1.79. The van der Waals surface area contributed by atoms with Crippen LogP contribution in [-0.4, -0.2) is 33.8 Å². The number of carbonyl (C=O) groups is 2. The molecule has 0 amide bonds. The molecular weight excluding hydrogens is 238 g/mol. The number of phenols is 1. The van der Waals surface area contributed by atoms with Crippen LogP contribution in [0.1, 0.15) is 23.6 Å². The predicted octanol–water partition coefficient (Wildman–Crippen LogP) is 0.891. The number of rotatable bonds is 6. The molecule has 1 rings (SSSR count). The molecule has 0 spiro atoms. The van der Waals surface area contributed by atoms with Crippen molar-refractivity contribution < 1.29 is 24.9 Å². The zero-order valence-corrected chi connectivity index (χ0v) is 9.88. The molecule has 6 heteroatoms. The third-order valence-electron chi connectivity index (χ3n) is 2.43. The average molecular weight is 253 g/mol. The van der Waals surface area contributed by atoms with Gasteiger partial charge in [0, 0.05) is 12.1 Å². The normalized spacial score (nSPS) is 12.1. The van der Waals surface area contributed by atoms with Crippen molar-refractivity contribution in [3.8, 4) is 5.75 Å². The number of aryl methyl sites for hydroxylation is 1. The highest BCUT2D eigenvalue weighted by Crippen LogP contribution is 2.25. The third kappa shape index (κ3) is 3.74. The Balaban J connectivity index is 2.87. The van der Waals surface area contributed by atoms with Crippen LogP contribution in [0.5, 0.6) is 5.75 Å². The molecule has 0 saturated heterocycles. The number of carboxylic acids is 2. The molecule has 0 heterocycles. The molecule has 0 fully saturated rings. The number of nitrogens with one attached hydrogen (secondary N) is 1. The van der Waals surface area contributed by atoms with Gasteiger partial charge in [-0.1, -0.05) is 17.7 Å². The smallest absolute Gasteiger partial charge is 0.325 e. The molecule has 0 aromatic heterocycles. The minimum absolute atomic E-state index is 0.0136. The number of hydrogen-bond acceptors (Lipinski definition) is 4. The summed E-state index contributed by atoms with van der Waals surface area (Å²) < 4.78 is 0. The minimum Gasteiger partial charge on any atom is -0.508 e. The van der Waals surface area contributed by atoms with Crippen molar-refractivity contribution in [1.29, 1.82) is 0 Å². The third-order valence-corrected chi connectivity index (χ3v) is 2.43. The monoisotopic (exact) mass is 253 g/mol. The van der Waals surface area contributed by atoms with E-state index in [9.17, 15) is 14.7 Å². The molecule has 0 aliphatic carbocycles. The first-order valence-corrected chi connectivity index (χ1v) is 5.39. The Kier molecular flexibility index (Phi) is 4.67. The van der Waals surface area contributed by atoms with Gasteiger partial charge in [-0.05, 0) is 13.0 Å². The molecule has 0 bridgehead atoms. The first-order chi connectivity index (χ1) is 8.41. The fourth-order valence-electron chi connectivity index (χ4n) is 1.56. The van der Waals surface area contributed by atoms with Gasteiger partial charge in [-0.25, -0.2) is 0 Å². The zero-order valence-electron chi connectivity index (χ0n) is 9.88. The maximum atomic E-state index is 11.1. The molecule has 18 heavy (non-hydrogen) atoms. The van der Waals surface area contributed by atoms with E-state index >= 15 is 0 Å². The Morgan fingerprint density at radius 3 is 2.56 bits per heavy atom. The van der Waals surface area contributed by atoms with Crippen LogP contribution < -0.4 is 5.32 Å². The summed E-state index contributed by atoms with van der Waals surface area (Å²) in [6, 6.07) is 3.51. The number of aromatic hydroxyl groups is 1. The summed E-state index contributed by atoms with van der Waals surface area (Å²) in [7, 11) is 0. The Morgan fingerprint density at radius 2 is 2.00 bits per heavy atom. The van der Waals surface area contributed by atoms with Gasteiger partial charge >= 0.3 is 11.9 Å². The van der Waals surface area contributed by atoms with Gasteiger partial charge in [0.25, 0.3) is 0 Å². The van der Waals surface area contributed by atoms with E-state index < -0.39 is 18.0 Å². The topological polar surface area (TPSA) is 107 Å². The standard InChI is InChI=1S/C12H15NO5/c1-7-2-3-9(14)8(6-7)11(12(17)18)13-5-4-10(15)16/h2-3,6,11,13-14H,4-5H2,1H3,(H,15,16)(H,17,18). The molecule has 4 N–H and O–H groups in total. The lowest BCUT2D eigenvalue weighted by Gasteiger charge is -2.16. The van der Waals surface area contributed by atoms with E-state index in [4.69, 9.17) is 10.2 Å². The zero-order chi connectivity index (χ0) is 13.7. The van der Waals surface area contributed by atoms with Crippen LogP contribution in [0.4, 0.5) is 0 Å². The van der Waals surface area contributed by atoms with Crippen LogP contribution >= 0.6 is 0 Å². The molecule has 0 radical (unpaired) electrons. The molecule has 1 atom stereocenters. The van der Waals surface area contributed by atoms with Crippen molar-refractivity contribution in [3.05, 3.63) is 29.3 Å². The highest BCUT2D eigenvalue weighted by Gasteiger charge is 2.22. The molecule has 1 unspecified atom stereocenters. The van der Waals surface area contributed by atoms with Gasteiger partial charge in [0.2, 0.25) is 0 Å². The lowest BCUT2D eigenvalue weighted by atomic mass is 10.0. The van der Waals surface area contributed by atoms with Gasteiger partial charge in [0.1, 0.15) is 11.8 Å². The van der Waals surface area contributed by atoms with Crippen molar-refractivity contribution in [1.82, 2.24) is 5.32 Å². The number of carboxylic acid groups (broad SMARTS) is 2. The first kappa shape index (κ1) is 14.0. The number of benzene rings is 1. The highest BCUT2D eigenvalue weighted by molar-refractivity contribution is 5.77. The summed E-state index contributed by atoms with van der Waals surface area (Å²) in [6.07, 6.45) is -0.184. The van der Waals surface area contributed by atoms with E-state index in [-0.39, 0.29) is 24.3 Å². The first-order valence-electron chi connectivity index (χ1n) is 5.39. The van der Waals surface area contributed by atoms with Crippen LogP contribution in [0, 0.1) is 6.92 Å². The van der Waals surface area contributed by atoms with Crippen LogP contribution in [0.25, 0.3) is 0 Å². The van der Waals surface area contributed by atoms with Crippen molar-refractivity contribution >= 4 is 11.9 Å². The van der Waals surface area contributed by atoms with E-state index in [1.54, 1.807) is 19.1 Å². The average Bonchev–Trinajstić information content (AvgIpc) is 2.27. The highest BCUT2D eigenvalue weighted by atomic mass is 16.4. The molecule has 0 aliphatic heterocycles. The van der Waals surface area contributed by atoms with Crippen LogP contribution in [0.3, 0.4) is 0 Å². The van der Waals surface area contributed by atoms with Crippen molar-refractivity contribution in [2.45, 2.75) is 19.4 Å². The summed E-state index contributed by atoms with van der Waals surface area (Å²) in [5, 5.41) is 29.8. The number of hydrogen-bond donors (Lipinski definition) is 4. The minimum atomic E-state index is -1.17. The molecule has 6 nitrogen and oxygen atoms in total. The maximum absolute atomic E-state index is 11.1. The molecule has 1 aromatic carbocycles. The van der Waals surface area contributed by atoms with Gasteiger partial charge in [0.05, 0.1) is 6.42 Å². The Bertz CT molecular complexity index is 458. The second-order valence-electron chi connectivity index (χ2n) is 3.93. The van der Waals surface area contributed by atoms with E-state index in [1.165, 1.54) is 6.07 Å². The van der Waals surface area contributed by atoms with Crippen LogP contribution in [0.2, 0.25) is 0 Å². The second kappa shape index (κ2) is 6.02. The molecule has 0 saturated carbocycles. The van der Waals surface area contributed by atoms with Crippen molar-refractivity contribution in [3.63, 3.8) is 0 Å². The fraction of sp³-hybridized carbons (Fsp3) is 0.333. The lowest BCUT2D eigenvalue weighted by molar-refractivity contribution is -0.141. The van der Waals surface area contributed by atoms with E-state index in [1.807, 2.05) is 0 Å².